The highest BCUT2D eigenvalue weighted by molar-refractivity contribution is 7.90. The predicted octanol–water partition coefficient (Wildman–Crippen LogP) is 3.58. The summed E-state index contributed by atoms with van der Waals surface area (Å²) in [7, 11) is -3.86. The second-order valence-electron chi connectivity index (χ2n) is 7.65. The molecule has 33 heavy (non-hydrogen) atoms. The van der Waals surface area contributed by atoms with Gasteiger partial charge in [0.2, 0.25) is 0 Å². The Bertz CT molecular complexity index is 1650. The molecule has 2 aromatic heterocycles. The SMILES string of the molecule is Cc1ccc(S(=O)(=O)n2cnc3c(-c4cc(-c5ccc(N)cc5)n[nH]c4=O)cccc32)cc1. The molecule has 0 aliphatic heterocycles. The summed E-state index contributed by atoms with van der Waals surface area (Å²) < 4.78 is 27.6. The topological polar surface area (TPSA) is 124 Å². The molecule has 3 N–H and O–H groups in total. The van der Waals surface area contributed by atoms with Gasteiger partial charge in [0, 0.05) is 16.8 Å². The largest absolute Gasteiger partial charge is 0.399 e. The summed E-state index contributed by atoms with van der Waals surface area (Å²) in [5.41, 5.74) is 9.87. The van der Waals surface area contributed by atoms with Crippen LogP contribution in [-0.4, -0.2) is 27.6 Å². The van der Waals surface area contributed by atoms with Gasteiger partial charge in [0.05, 0.1) is 27.2 Å². The van der Waals surface area contributed by atoms with Crippen molar-refractivity contribution in [2.45, 2.75) is 11.8 Å². The van der Waals surface area contributed by atoms with Crippen molar-refractivity contribution in [2.24, 2.45) is 0 Å². The van der Waals surface area contributed by atoms with E-state index in [2.05, 4.69) is 15.2 Å². The number of hydrogen-bond donors (Lipinski definition) is 2. The Hall–Kier alpha value is -4.24. The van der Waals surface area contributed by atoms with E-state index < -0.39 is 15.6 Å². The molecule has 0 bridgehead atoms. The second-order valence-corrected chi connectivity index (χ2v) is 9.46. The zero-order chi connectivity index (χ0) is 23.2. The van der Waals surface area contributed by atoms with Gasteiger partial charge in [-0.05, 0) is 43.3 Å². The van der Waals surface area contributed by atoms with E-state index >= 15 is 0 Å². The molecule has 0 fully saturated rings. The predicted molar refractivity (Wildman–Crippen MR) is 127 cm³/mol. The van der Waals surface area contributed by atoms with Gasteiger partial charge in [0.25, 0.3) is 15.6 Å². The number of nitrogens with one attached hydrogen (secondary N) is 1. The standard InChI is InChI=1S/C24H19N5O3S/c1-15-5-11-18(12-6-15)33(31,32)29-14-26-23-19(3-2-4-22(23)29)20-13-21(27-28-24(20)30)16-7-9-17(25)10-8-16/h2-14H,25H2,1H3,(H,28,30). The van der Waals surface area contributed by atoms with E-state index in [0.717, 1.165) is 15.1 Å². The van der Waals surface area contributed by atoms with Crippen LogP contribution < -0.4 is 11.3 Å². The Morgan fingerprint density at radius 1 is 0.939 bits per heavy atom. The first kappa shape index (κ1) is 20.7. The molecule has 0 aliphatic rings. The highest BCUT2D eigenvalue weighted by atomic mass is 32.2. The molecule has 0 amide bonds. The van der Waals surface area contributed by atoms with Gasteiger partial charge in [0.15, 0.2) is 0 Å². The van der Waals surface area contributed by atoms with Crippen molar-refractivity contribution in [1.82, 2.24) is 19.2 Å². The number of H-pyrrole nitrogens is 1. The number of aromatic nitrogens is 4. The zero-order valence-electron chi connectivity index (χ0n) is 17.6. The number of hydrogen-bond acceptors (Lipinski definition) is 6. The Labute approximate surface area is 189 Å². The summed E-state index contributed by atoms with van der Waals surface area (Å²) in [5.74, 6) is 0. The minimum Gasteiger partial charge on any atom is -0.399 e. The number of aromatic amines is 1. The lowest BCUT2D eigenvalue weighted by Gasteiger charge is -2.08. The van der Waals surface area contributed by atoms with Crippen LogP contribution in [0, 0.1) is 6.92 Å². The Morgan fingerprint density at radius 2 is 1.67 bits per heavy atom. The van der Waals surface area contributed by atoms with Crippen LogP contribution in [0.5, 0.6) is 0 Å². The van der Waals surface area contributed by atoms with E-state index in [1.807, 2.05) is 19.1 Å². The van der Waals surface area contributed by atoms with Crippen molar-refractivity contribution in [2.75, 3.05) is 5.73 Å². The van der Waals surface area contributed by atoms with Gasteiger partial charge in [-0.1, -0.05) is 42.0 Å². The van der Waals surface area contributed by atoms with Crippen molar-refractivity contribution < 1.29 is 8.42 Å². The van der Waals surface area contributed by atoms with Crippen LogP contribution in [0.15, 0.2) is 88.8 Å². The lowest BCUT2D eigenvalue weighted by molar-refractivity contribution is 0.588. The molecule has 5 aromatic rings. The van der Waals surface area contributed by atoms with Crippen LogP contribution >= 0.6 is 0 Å². The zero-order valence-corrected chi connectivity index (χ0v) is 18.4. The third-order valence-corrected chi connectivity index (χ3v) is 7.10. The summed E-state index contributed by atoms with van der Waals surface area (Å²) in [6.07, 6.45) is 1.26. The van der Waals surface area contributed by atoms with E-state index in [-0.39, 0.29) is 4.90 Å². The summed E-state index contributed by atoms with van der Waals surface area (Å²) in [5, 5.41) is 6.66. The van der Waals surface area contributed by atoms with Gasteiger partial charge in [0.1, 0.15) is 6.33 Å². The number of imidazole rings is 1. The van der Waals surface area contributed by atoms with Gasteiger partial charge < -0.3 is 5.73 Å². The maximum Gasteiger partial charge on any atom is 0.272 e. The van der Waals surface area contributed by atoms with Crippen LogP contribution in [-0.2, 0) is 10.0 Å². The number of nitrogens with two attached hydrogens (primary N) is 1. The number of rotatable bonds is 4. The molecule has 3 aromatic carbocycles. The van der Waals surface area contributed by atoms with E-state index in [4.69, 9.17) is 5.73 Å². The molecule has 0 saturated heterocycles. The number of benzene rings is 3. The minimum absolute atomic E-state index is 0.158. The normalized spacial score (nSPS) is 11.7. The lowest BCUT2D eigenvalue weighted by atomic mass is 10.0. The summed E-state index contributed by atoms with van der Waals surface area (Å²) in [6.45, 7) is 1.89. The van der Waals surface area contributed by atoms with Crippen LogP contribution in [0.2, 0.25) is 0 Å². The first-order valence-electron chi connectivity index (χ1n) is 10.1. The quantitative estimate of drug-likeness (QED) is 0.398. The molecule has 164 valence electrons. The molecule has 8 nitrogen and oxygen atoms in total. The van der Waals surface area contributed by atoms with Crippen LogP contribution in [0.4, 0.5) is 5.69 Å². The average molecular weight is 458 g/mol. The summed E-state index contributed by atoms with van der Waals surface area (Å²) in [4.78, 5) is 17.2. The van der Waals surface area contributed by atoms with Gasteiger partial charge in [-0.2, -0.15) is 5.10 Å². The molecular formula is C24H19N5O3S. The summed E-state index contributed by atoms with van der Waals surface area (Å²) in [6, 6.07) is 20.5. The fraction of sp³-hybridized carbons (Fsp3) is 0.0417. The van der Waals surface area contributed by atoms with Crippen molar-refractivity contribution in [1.29, 1.82) is 0 Å². The van der Waals surface area contributed by atoms with Gasteiger partial charge in [-0.15, -0.1) is 0 Å². The van der Waals surface area contributed by atoms with E-state index in [1.165, 1.54) is 6.33 Å². The number of nitrogens with zero attached hydrogens (tertiary/aromatic N) is 3. The number of nitrogen functional groups attached to an aromatic ring is 1. The van der Waals surface area contributed by atoms with Gasteiger partial charge >= 0.3 is 0 Å². The molecule has 0 unspecified atom stereocenters. The highest BCUT2D eigenvalue weighted by Gasteiger charge is 2.21. The molecule has 2 heterocycles. The van der Waals surface area contributed by atoms with Crippen LogP contribution in [0.1, 0.15) is 5.56 Å². The molecule has 0 spiro atoms. The maximum absolute atomic E-state index is 13.2. The molecule has 0 radical (unpaired) electrons. The van der Waals surface area contributed by atoms with Crippen LogP contribution in [0.3, 0.4) is 0 Å². The number of para-hydroxylation sites is 1. The Balaban J connectivity index is 1.66. The molecule has 9 heteroatoms. The Morgan fingerprint density at radius 3 is 2.39 bits per heavy atom. The second kappa shape index (κ2) is 7.72. The van der Waals surface area contributed by atoms with Crippen molar-refractivity contribution in [3.05, 3.63) is 95.0 Å². The fourth-order valence-corrected chi connectivity index (χ4v) is 4.94. The average Bonchev–Trinajstić information content (AvgIpc) is 3.26. The smallest absolute Gasteiger partial charge is 0.272 e. The highest BCUT2D eigenvalue weighted by Crippen LogP contribution is 2.29. The first-order chi connectivity index (χ1) is 15.8. The fourth-order valence-electron chi connectivity index (χ4n) is 3.66. The summed E-state index contributed by atoms with van der Waals surface area (Å²) >= 11 is 0. The number of fused-ring (bicyclic) bond motifs is 1. The minimum atomic E-state index is -3.86. The van der Waals surface area contributed by atoms with Crippen molar-refractivity contribution >= 4 is 26.7 Å². The molecular weight excluding hydrogens is 438 g/mol. The third kappa shape index (κ3) is 3.58. The monoisotopic (exact) mass is 457 g/mol. The molecule has 5 rings (SSSR count). The third-order valence-electron chi connectivity index (χ3n) is 5.42. The van der Waals surface area contributed by atoms with Crippen molar-refractivity contribution in [3.63, 3.8) is 0 Å². The first-order valence-corrected chi connectivity index (χ1v) is 11.5. The number of anilines is 1. The van der Waals surface area contributed by atoms with E-state index in [1.54, 1.807) is 60.7 Å². The van der Waals surface area contributed by atoms with Gasteiger partial charge in [-0.25, -0.2) is 22.5 Å². The molecule has 0 saturated carbocycles. The molecule has 0 aliphatic carbocycles. The lowest BCUT2D eigenvalue weighted by Crippen LogP contribution is -2.12. The van der Waals surface area contributed by atoms with E-state index in [9.17, 15) is 13.2 Å². The van der Waals surface area contributed by atoms with Crippen molar-refractivity contribution in [3.8, 4) is 22.4 Å². The van der Waals surface area contributed by atoms with Gasteiger partial charge in [-0.3, -0.25) is 4.79 Å². The number of aryl methyl sites for hydroxylation is 1. The Kier molecular flexibility index (Phi) is 4.83. The van der Waals surface area contributed by atoms with Crippen LogP contribution in [0.25, 0.3) is 33.4 Å². The molecule has 0 atom stereocenters. The van der Waals surface area contributed by atoms with E-state index in [0.29, 0.717) is 33.5 Å². The maximum atomic E-state index is 13.2.